The SMILES string of the molecule is Cl.Cl.O=C(C1CC12CCNCC2)N1CCN(Cc2ccc(Cl)cc2)CC1. The van der Waals surface area contributed by atoms with E-state index >= 15 is 0 Å². The summed E-state index contributed by atoms with van der Waals surface area (Å²) in [6, 6.07) is 8.07. The van der Waals surface area contributed by atoms with Crippen LogP contribution < -0.4 is 5.32 Å². The lowest BCUT2D eigenvalue weighted by molar-refractivity contribution is -0.135. The van der Waals surface area contributed by atoms with Crippen molar-refractivity contribution in [3.63, 3.8) is 0 Å². The van der Waals surface area contributed by atoms with E-state index in [0.29, 0.717) is 17.2 Å². The summed E-state index contributed by atoms with van der Waals surface area (Å²) in [6.45, 7) is 6.79. The van der Waals surface area contributed by atoms with Crippen LogP contribution in [0.4, 0.5) is 0 Å². The monoisotopic (exact) mass is 419 g/mol. The summed E-state index contributed by atoms with van der Waals surface area (Å²) in [5.41, 5.74) is 1.64. The number of amides is 1. The standard InChI is InChI=1S/C19H26ClN3O.2ClH/c20-16-3-1-15(2-4-16)14-22-9-11-23(12-10-22)18(24)17-13-19(17)5-7-21-8-6-19;;/h1-4,17,21H,5-14H2;2*1H. The molecule has 146 valence electrons. The number of nitrogens with zero attached hydrogens (tertiary/aromatic N) is 2. The Labute approximate surface area is 173 Å². The fraction of sp³-hybridized carbons (Fsp3) is 0.632. The molecule has 2 heterocycles. The number of carbonyl (C=O) groups excluding carboxylic acids is 1. The maximum atomic E-state index is 12.8. The predicted octanol–water partition coefficient (Wildman–Crippen LogP) is 3.22. The highest BCUT2D eigenvalue weighted by Crippen LogP contribution is 2.59. The maximum Gasteiger partial charge on any atom is 0.226 e. The summed E-state index contributed by atoms with van der Waals surface area (Å²) >= 11 is 5.94. The zero-order chi connectivity index (χ0) is 16.6. The van der Waals surface area contributed by atoms with E-state index in [1.807, 2.05) is 12.1 Å². The quantitative estimate of drug-likeness (QED) is 0.815. The lowest BCUT2D eigenvalue weighted by atomic mass is 9.91. The third kappa shape index (κ3) is 4.66. The molecule has 1 aromatic carbocycles. The summed E-state index contributed by atoms with van der Waals surface area (Å²) in [5, 5.41) is 4.19. The van der Waals surface area contributed by atoms with Crippen molar-refractivity contribution >= 4 is 42.3 Å². The van der Waals surface area contributed by atoms with Crippen molar-refractivity contribution in [2.45, 2.75) is 25.8 Å². The van der Waals surface area contributed by atoms with Crippen LogP contribution in [0.5, 0.6) is 0 Å². The van der Waals surface area contributed by atoms with Gasteiger partial charge in [0.25, 0.3) is 0 Å². The number of halogens is 3. The number of piperidine rings is 1. The lowest BCUT2D eigenvalue weighted by Gasteiger charge is -2.35. The van der Waals surface area contributed by atoms with Crippen LogP contribution in [0.15, 0.2) is 24.3 Å². The van der Waals surface area contributed by atoms with Crippen LogP contribution in [0.3, 0.4) is 0 Å². The van der Waals surface area contributed by atoms with E-state index in [1.165, 1.54) is 18.4 Å². The van der Waals surface area contributed by atoms with Gasteiger partial charge in [0.05, 0.1) is 0 Å². The third-order valence-corrected chi connectivity index (χ3v) is 6.34. The predicted molar refractivity (Wildman–Crippen MR) is 110 cm³/mol. The Hall–Kier alpha value is -0.520. The first-order chi connectivity index (χ1) is 11.7. The van der Waals surface area contributed by atoms with Crippen LogP contribution in [-0.4, -0.2) is 55.0 Å². The molecule has 1 aliphatic carbocycles. The van der Waals surface area contributed by atoms with Crippen molar-refractivity contribution in [3.05, 3.63) is 34.9 Å². The second-order valence-corrected chi connectivity index (χ2v) is 8.03. The van der Waals surface area contributed by atoms with Gasteiger partial charge in [0.1, 0.15) is 0 Å². The summed E-state index contributed by atoms with van der Waals surface area (Å²) in [6.07, 6.45) is 3.48. The minimum atomic E-state index is 0. The van der Waals surface area contributed by atoms with Crippen molar-refractivity contribution in [1.29, 1.82) is 0 Å². The van der Waals surface area contributed by atoms with E-state index in [2.05, 4.69) is 27.2 Å². The van der Waals surface area contributed by atoms with Gasteiger partial charge >= 0.3 is 0 Å². The molecule has 2 saturated heterocycles. The van der Waals surface area contributed by atoms with Gasteiger partial charge in [-0.2, -0.15) is 0 Å². The fourth-order valence-electron chi connectivity index (χ4n) is 4.37. The molecule has 0 radical (unpaired) electrons. The summed E-state index contributed by atoms with van der Waals surface area (Å²) in [4.78, 5) is 17.4. The average Bonchev–Trinajstić information content (AvgIpc) is 3.30. The van der Waals surface area contributed by atoms with E-state index in [4.69, 9.17) is 11.6 Å². The number of hydrogen-bond acceptors (Lipinski definition) is 3. The number of piperazine rings is 1. The van der Waals surface area contributed by atoms with E-state index in [9.17, 15) is 4.79 Å². The molecule has 1 N–H and O–H groups in total. The molecule has 26 heavy (non-hydrogen) atoms. The minimum absolute atomic E-state index is 0. The second-order valence-electron chi connectivity index (χ2n) is 7.60. The molecular formula is C19H28Cl3N3O. The van der Waals surface area contributed by atoms with E-state index < -0.39 is 0 Å². The smallest absolute Gasteiger partial charge is 0.226 e. The van der Waals surface area contributed by atoms with Crippen LogP contribution in [0.1, 0.15) is 24.8 Å². The van der Waals surface area contributed by atoms with Crippen molar-refractivity contribution in [1.82, 2.24) is 15.1 Å². The molecule has 4 rings (SSSR count). The fourth-order valence-corrected chi connectivity index (χ4v) is 4.49. The van der Waals surface area contributed by atoms with Crippen LogP contribution >= 0.6 is 36.4 Å². The first-order valence-electron chi connectivity index (χ1n) is 9.13. The zero-order valence-electron chi connectivity index (χ0n) is 15.0. The highest BCUT2D eigenvalue weighted by molar-refractivity contribution is 6.30. The van der Waals surface area contributed by atoms with Crippen LogP contribution in [-0.2, 0) is 11.3 Å². The Morgan fingerprint density at radius 2 is 1.69 bits per heavy atom. The van der Waals surface area contributed by atoms with Crippen molar-refractivity contribution in [3.8, 4) is 0 Å². The molecule has 7 heteroatoms. The highest BCUT2D eigenvalue weighted by Gasteiger charge is 2.58. The first kappa shape index (κ1) is 21.8. The molecule has 3 fully saturated rings. The molecule has 1 unspecified atom stereocenters. The maximum absolute atomic E-state index is 12.8. The van der Waals surface area contributed by atoms with Gasteiger partial charge in [0, 0.05) is 43.7 Å². The van der Waals surface area contributed by atoms with Gasteiger partial charge in [0.15, 0.2) is 0 Å². The molecule has 1 atom stereocenters. The van der Waals surface area contributed by atoms with Crippen molar-refractivity contribution < 1.29 is 4.79 Å². The van der Waals surface area contributed by atoms with Gasteiger partial charge in [-0.15, -0.1) is 24.8 Å². The van der Waals surface area contributed by atoms with Gasteiger partial charge in [-0.1, -0.05) is 23.7 Å². The zero-order valence-corrected chi connectivity index (χ0v) is 17.3. The Morgan fingerprint density at radius 1 is 1.08 bits per heavy atom. The number of benzene rings is 1. The molecule has 3 aliphatic rings. The highest BCUT2D eigenvalue weighted by atomic mass is 35.5. The topological polar surface area (TPSA) is 35.6 Å². The largest absolute Gasteiger partial charge is 0.340 e. The van der Waals surface area contributed by atoms with Crippen LogP contribution in [0.25, 0.3) is 0 Å². The molecule has 1 amide bonds. The number of nitrogens with one attached hydrogen (secondary N) is 1. The molecule has 1 saturated carbocycles. The Balaban J connectivity index is 0.00000121. The third-order valence-electron chi connectivity index (χ3n) is 6.09. The molecular weight excluding hydrogens is 393 g/mol. The van der Waals surface area contributed by atoms with Gasteiger partial charge in [0.2, 0.25) is 5.91 Å². The van der Waals surface area contributed by atoms with Gasteiger partial charge in [-0.25, -0.2) is 0 Å². The second kappa shape index (κ2) is 9.11. The van der Waals surface area contributed by atoms with E-state index in [-0.39, 0.29) is 24.8 Å². The first-order valence-corrected chi connectivity index (χ1v) is 9.50. The Morgan fingerprint density at radius 3 is 2.31 bits per heavy atom. The van der Waals surface area contributed by atoms with Crippen molar-refractivity contribution in [2.75, 3.05) is 39.3 Å². The van der Waals surface area contributed by atoms with E-state index in [1.54, 1.807) is 0 Å². The van der Waals surface area contributed by atoms with Crippen LogP contribution in [0, 0.1) is 11.3 Å². The molecule has 4 nitrogen and oxygen atoms in total. The van der Waals surface area contributed by atoms with Gasteiger partial charge in [-0.05, 0) is 55.5 Å². The number of carbonyl (C=O) groups is 1. The minimum Gasteiger partial charge on any atom is -0.340 e. The van der Waals surface area contributed by atoms with Gasteiger partial charge in [-0.3, -0.25) is 9.69 Å². The summed E-state index contributed by atoms with van der Waals surface area (Å²) in [5.74, 6) is 0.727. The Kier molecular flexibility index (Phi) is 7.63. The summed E-state index contributed by atoms with van der Waals surface area (Å²) < 4.78 is 0. The summed E-state index contributed by atoms with van der Waals surface area (Å²) in [7, 11) is 0. The molecule has 0 bridgehead atoms. The number of hydrogen-bond donors (Lipinski definition) is 1. The normalized spacial score (nSPS) is 24.5. The van der Waals surface area contributed by atoms with Crippen LogP contribution in [0.2, 0.25) is 5.02 Å². The van der Waals surface area contributed by atoms with E-state index in [0.717, 1.165) is 57.3 Å². The van der Waals surface area contributed by atoms with Gasteiger partial charge < -0.3 is 10.2 Å². The number of rotatable bonds is 3. The molecule has 2 aliphatic heterocycles. The lowest BCUT2D eigenvalue weighted by Crippen LogP contribution is -2.49. The Bertz CT molecular complexity index is 597. The molecule has 1 spiro atoms. The average molecular weight is 421 g/mol. The van der Waals surface area contributed by atoms with Crippen molar-refractivity contribution in [2.24, 2.45) is 11.3 Å². The molecule has 0 aromatic heterocycles. The molecule has 1 aromatic rings.